The normalized spacial score (nSPS) is 17.0. The quantitative estimate of drug-likeness (QED) is 0.210. The Morgan fingerprint density at radius 2 is 1.86 bits per heavy atom. The molecule has 1 aromatic heterocycles. The highest BCUT2D eigenvalue weighted by Gasteiger charge is 2.48. The fourth-order valence-electron chi connectivity index (χ4n) is 4.30. The number of ketones is 1. The van der Waals surface area contributed by atoms with Crippen LogP contribution in [0.1, 0.15) is 60.0 Å². The van der Waals surface area contributed by atoms with E-state index in [0.29, 0.717) is 17.9 Å². The maximum Gasteiger partial charge on any atom is 0.337 e. The van der Waals surface area contributed by atoms with Crippen molar-refractivity contribution in [1.82, 2.24) is 0 Å². The van der Waals surface area contributed by atoms with Gasteiger partial charge in [0.25, 0.3) is 11.7 Å². The Kier molecular flexibility index (Phi) is 6.96. The van der Waals surface area contributed by atoms with Crippen LogP contribution in [0.5, 0.6) is 5.75 Å². The number of furan rings is 1. The van der Waals surface area contributed by atoms with Crippen LogP contribution in [0.4, 0.5) is 5.69 Å². The van der Waals surface area contributed by atoms with E-state index in [1.807, 2.05) is 20.8 Å². The molecule has 1 atom stereocenters. The summed E-state index contributed by atoms with van der Waals surface area (Å²) in [6.07, 6.45) is 1.42. The number of carbonyl (C=O) groups excluding carboxylic acids is 3. The molecule has 0 radical (unpaired) electrons. The summed E-state index contributed by atoms with van der Waals surface area (Å²) in [4.78, 5) is 39.9. The van der Waals surface area contributed by atoms with Crippen LogP contribution < -0.4 is 9.64 Å². The second-order valence-corrected chi connectivity index (χ2v) is 8.57. The van der Waals surface area contributed by atoms with Gasteiger partial charge in [-0.1, -0.05) is 19.9 Å². The largest absolute Gasteiger partial charge is 0.507 e. The lowest BCUT2D eigenvalue weighted by atomic mass is 9.95. The minimum Gasteiger partial charge on any atom is -0.507 e. The summed E-state index contributed by atoms with van der Waals surface area (Å²) in [7, 11) is 1.26. The molecular formula is C28H27NO7. The Balaban J connectivity index is 1.89. The van der Waals surface area contributed by atoms with Crippen LogP contribution in [0.3, 0.4) is 0 Å². The maximum absolute atomic E-state index is 13.3. The zero-order valence-electron chi connectivity index (χ0n) is 20.5. The highest BCUT2D eigenvalue weighted by atomic mass is 16.5. The Hall–Kier alpha value is -4.33. The highest BCUT2D eigenvalue weighted by Crippen LogP contribution is 2.43. The van der Waals surface area contributed by atoms with E-state index < -0.39 is 23.7 Å². The van der Waals surface area contributed by atoms with Crippen molar-refractivity contribution in [3.63, 3.8) is 0 Å². The first-order chi connectivity index (χ1) is 17.3. The van der Waals surface area contributed by atoms with E-state index in [2.05, 4.69) is 0 Å². The van der Waals surface area contributed by atoms with Crippen molar-refractivity contribution in [2.24, 2.45) is 0 Å². The lowest BCUT2D eigenvalue weighted by molar-refractivity contribution is -0.132. The molecule has 0 spiro atoms. The maximum atomic E-state index is 13.3. The Morgan fingerprint density at radius 1 is 1.08 bits per heavy atom. The third-order valence-electron chi connectivity index (χ3n) is 6.01. The number of ether oxygens (including phenoxy) is 2. The smallest absolute Gasteiger partial charge is 0.337 e. The number of aliphatic hydroxyl groups is 1. The van der Waals surface area contributed by atoms with Crippen LogP contribution in [-0.4, -0.2) is 36.5 Å². The van der Waals surface area contributed by atoms with Crippen LogP contribution >= 0.6 is 0 Å². The van der Waals surface area contributed by atoms with Gasteiger partial charge in [0.1, 0.15) is 23.3 Å². The molecule has 1 N–H and O–H groups in total. The molecule has 2 heterocycles. The van der Waals surface area contributed by atoms with Gasteiger partial charge >= 0.3 is 5.97 Å². The minimum atomic E-state index is -1.04. The number of anilines is 1. The van der Waals surface area contributed by atoms with Crippen LogP contribution in [0.25, 0.3) is 5.76 Å². The van der Waals surface area contributed by atoms with Crippen molar-refractivity contribution in [2.75, 3.05) is 18.6 Å². The van der Waals surface area contributed by atoms with Gasteiger partial charge in [-0.3, -0.25) is 14.5 Å². The van der Waals surface area contributed by atoms with Gasteiger partial charge in [-0.2, -0.15) is 0 Å². The molecule has 8 nitrogen and oxygen atoms in total. The first-order valence-electron chi connectivity index (χ1n) is 11.6. The molecule has 1 saturated heterocycles. The van der Waals surface area contributed by atoms with Crippen molar-refractivity contribution in [3.8, 4) is 5.75 Å². The average molecular weight is 490 g/mol. The van der Waals surface area contributed by atoms with Gasteiger partial charge in [0.05, 0.1) is 31.1 Å². The number of benzene rings is 2. The average Bonchev–Trinajstić information content (AvgIpc) is 3.50. The van der Waals surface area contributed by atoms with E-state index in [-0.39, 0.29) is 34.3 Å². The number of nitrogens with zero attached hydrogens (tertiary/aromatic N) is 1. The number of methoxy groups -OCH3 is 1. The minimum absolute atomic E-state index is 0.0867. The van der Waals surface area contributed by atoms with Crippen LogP contribution in [0.2, 0.25) is 0 Å². The van der Waals surface area contributed by atoms with Crippen LogP contribution in [0.15, 0.2) is 70.9 Å². The van der Waals surface area contributed by atoms with E-state index in [0.717, 1.165) is 5.56 Å². The van der Waals surface area contributed by atoms with E-state index in [1.165, 1.54) is 24.3 Å². The predicted octanol–water partition coefficient (Wildman–Crippen LogP) is 5.21. The van der Waals surface area contributed by atoms with Crippen LogP contribution in [0, 0.1) is 0 Å². The zero-order chi connectivity index (χ0) is 26.0. The summed E-state index contributed by atoms with van der Waals surface area (Å²) in [6, 6.07) is 13.6. The SMILES string of the molecule is CCOc1ccc(/C(O)=C2/C(=O)C(=O)N(c3cccc(C(=O)OC)c3)C2c2ccco2)cc1C(C)C. The molecule has 1 fully saturated rings. The number of aliphatic hydroxyl groups excluding tert-OH is 1. The van der Waals surface area contributed by atoms with Gasteiger partial charge in [0, 0.05) is 11.3 Å². The first kappa shape index (κ1) is 24.8. The molecule has 8 heteroatoms. The van der Waals surface area contributed by atoms with E-state index in [1.54, 1.807) is 48.5 Å². The Morgan fingerprint density at radius 3 is 2.50 bits per heavy atom. The second-order valence-electron chi connectivity index (χ2n) is 8.57. The molecular weight excluding hydrogens is 462 g/mol. The Labute approximate surface area is 208 Å². The van der Waals surface area contributed by atoms with Crippen molar-refractivity contribution in [3.05, 3.63) is 88.9 Å². The number of carbonyl (C=O) groups is 3. The first-order valence-corrected chi connectivity index (χ1v) is 11.6. The molecule has 0 aliphatic carbocycles. The van der Waals surface area contributed by atoms with Crippen molar-refractivity contribution >= 4 is 29.1 Å². The number of hydrogen-bond acceptors (Lipinski definition) is 7. The number of hydrogen-bond donors (Lipinski definition) is 1. The third-order valence-corrected chi connectivity index (χ3v) is 6.01. The summed E-state index contributed by atoms with van der Waals surface area (Å²) in [6.45, 7) is 6.37. The van der Waals surface area contributed by atoms with Gasteiger partial charge in [0.15, 0.2) is 0 Å². The molecule has 1 aliphatic heterocycles. The monoisotopic (exact) mass is 489 g/mol. The fourth-order valence-corrected chi connectivity index (χ4v) is 4.30. The molecule has 36 heavy (non-hydrogen) atoms. The molecule has 4 rings (SSSR count). The lowest BCUT2D eigenvalue weighted by Crippen LogP contribution is -2.29. The van der Waals surface area contributed by atoms with E-state index >= 15 is 0 Å². The molecule has 2 aromatic carbocycles. The number of esters is 1. The molecule has 1 aliphatic rings. The van der Waals surface area contributed by atoms with Gasteiger partial charge in [0.2, 0.25) is 0 Å². The Bertz CT molecular complexity index is 1340. The second kappa shape index (κ2) is 10.1. The third kappa shape index (κ3) is 4.37. The van der Waals surface area contributed by atoms with Crippen molar-refractivity contribution in [2.45, 2.75) is 32.7 Å². The van der Waals surface area contributed by atoms with Gasteiger partial charge in [-0.05, 0) is 66.9 Å². The van der Waals surface area contributed by atoms with Gasteiger partial charge in [-0.25, -0.2) is 4.79 Å². The van der Waals surface area contributed by atoms with Crippen LogP contribution in [-0.2, 0) is 14.3 Å². The van der Waals surface area contributed by atoms with Gasteiger partial charge < -0.3 is 19.0 Å². The number of rotatable bonds is 7. The lowest BCUT2D eigenvalue weighted by Gasteiger charge is -2.24. The molecule has 0 bridgehead atoms. The summed E-state index contributed by atoms with van der Waals surface area (Å²) in [5.74, 6) is -1.57. The van der Waals surface area contributed by atoms with Gasteiger partial charge in [-0.15, -0.1) is 0 Å². The summed E-state index contributed by atoms with van der Waals surface area (Å²) in [5.41, 5.74) is 1.62. The summed E-state index contributed by atoms with van der Waals surface area (Å²) in [5, 5.41) is 11.4. The molecule has 0 saturated carbocycles. The fraction of sp³-hybridized carbons (Fsp3) is 0.250. The standard InChI is InChI=1S/C28H27NO7/c1-5-35-21-12-11-17(15-20(21)16(2)3)25(30)23-24(22-10-7-13-36-22)29(27(32)26(23)31)19-9-6-8-18(14-19)28(33)34-4/h6-16,24,30H,5H2,1-4H3/b25-23-. The number of amides is 1. The van der Waals surface area contributed by atoms with E-state index in [9.17, 15) is 19.5 Å². The summed E-state index contributed by atoms with van der Waals surface area (Å²) < 4.78 is 16.1. The van der Waals surface area contributed by atoms with Crippen molar-refractivity contribution in [1.29, 1.82) is 0 Å². The predicted molar refractivity (Wildman–Crippen MR) is 133 cm³/mol. The zero-order valence-corrected chi connectivity index (χ0v) is 20.5. The van der Waals surface area contributed by atoms with E-state index in [4.69, 9.17) is 13.9 Å². The highest BCUT2D eigenvalue weighted by molar-refractivity contribution is 6.51. The molecule has 1 amide bonds. The molecule has 3 aromatic rings. The van der Waals surface area contributed by atoms with Crippen molar-refractivity contribution < 1.29 is 33.4 Å². The number of Topliss-reactive ketones (excluding diaryl/α,β-unsaturated/α-hetero) is 1. The summed E-state index contributed by atoms with van der Waals surface area (Å²) >= 11 is 0. The topological polar surface area (TPSA) is 106 Å². The molecule has 186 valence electrons. The molecule has 1 unspecified atom stereocenters.